The number of fused-ring (bicyclic) bond motifs is 5. The lowest BCUT2D eigenvalue weighted by molar-refractivity contribution is -0.183. The van der Waals surface area contributed by atoms with Gasteiger partial charge in [-0.3, -0.25) is 14.4 Å². The third-order valence-corrected chi connectivity index (χ3v) is 9.17. The molecule has 3 saturated carbocycles. The Bertz CT molecular complexity index is 914. The first kappa shape index (κ1) is 22.8. The van der Waals surface area contributed by atoms with Crippen LogP contribution in [0.2, 0.25) is 0 Å². The van der Waals surface area contributed by atoms with Gasteiger partial charge in [-0.25, -0.2) is 4.39 Å². The second-order valence-electron chi connectivity index (χ2n) is 10.0. The molecule has 4 rings (SSSR count). The number of hydrogen-bond acceptors (Lipinski definition) is 6. The predicted molar refractivity (Wildman–Crippen MR) is 113 cm³/mol. The Kier molecular flexibility index (Phi) is 5.38. The van der Waals surface area contributed by atoms with E-state index < -0.39 is 47.1 Å². The molecule has 6 nitrogen and oxygen atoms in total. The van der Waals surface area contributed by atoms with E-state index in [1.54, 1.807) is 13.0 Å². The molecule has 0 aliphatic heterocycles. The van der Waals surface area contributed by atoms with Crippen molar-refractivity contribution in [2.75, 3.05) is 6.61 Å². The molecule has 0 radical (unpaired) electrons. The number of esters is 1. The molecule has 3 fully saturated rings. The van der Waals surface area contributed by atoms with Crippen molar-refractivity contribution in [3.05, 3.63) is 22.2 Å². The van der Waals surface area contributed by atoms with Crippen molar-refractivity contribution in [3.8, 4) is 0 Å². The Balaban J connectivity index is 1.72. The molecule has 0 aromatic rings. The third-order valence-electron chi connectivity index (χ3n) is 8.55. The molecule has 0 spiro atoms. The molecule has 170 valence electrons. The van der Waals surface area contributed by atoms with Gasteiger partial charge in [-0.05, 0) is 65.1 Å². The average Bonchev–Trinajstić information content (AvgIpc) is 2.93. The summed E-state index contributed by atoms with van der Waals surface area (Å²) in [4.78, 5) is 36.2. The normalized spacial score (nSPS) is 46.3. The van der Waals surface area contributed by atoms with Crippen LogP contribution in [-0.2, 0) is 19.1 Å². The van der Waals surface area contributed by atoms with Gasteiger partial charge in [0.15, 0.2) is 12.4 Å². The molecule has 4 aliphatic carbocycles. The molecule has 8 heteroatoms. The fourth-order valence-electron chi connectivity index (χ4n) is 7.14. The lowest BCUT2D eigenvalue weighted by atomic mass is 9.46. The summed E-state index contributed by atoms with van der Waals surface area (Å²) in [6, 6.07) is 0. The van der Waals surface area contributed by atoms with Crippen molar-refractivity contribution < 1.29 is 33.7 Å². The maximum Gasteiger partial charge on any atom is 0.303 e. The number of ether oxygens (including phenoxy) is 1. The van der Waals surface area contributed by atoms with E-state index in [2.05, 4.69) is 15.9 Å². The Hall–Kier alpha value is -1.38. The van der Waals surface area contributed by atoms with Gasteiger partial charge in [0.2, 0.25) is 5.78 Å². The molecule has 4 aliphatic rings. The number of hydrogen-bond donors (Lipinski definition) is 2. The van der Waals surface area contributed by atoms with Gasteiger partial charge in [0.1, 0.15) is 11.8 Å². The van der Waals surface area contributed by atoms with Crippen LogP contribution in [0.3, 0.4) is 0 Å². The number of aliphatic hydroxyl groups excluding tert-OH is 1. The SMILES string of the molecule is CC(=O)OCC(=O)C1(O)CCC2C3CC(F)C4=CC(=O)C(Br)=CC4(C)C3C(O)CC21C. The average molecular weight is 499 g/mol. The number of rotatable bonds is 3. The molecule has 8 unspecified atom stereocenters. The summed E-state index contributed by atoms with van der Waals surface area (Å²) in [5, 5.41) is 22.8. The van der Waals surface area contributed by atoms with Crippen LogP contribution in [0, 0.1) is 28.6 Å². The van der Waals surface area contributed by atoms with Crippen LogP contribution in [0.1, 0.15) is 46.5 Å². The Morgan fingerprint density at radius 1 is 1.35 bits per heavy atom. The summed E-state index contributed by atoms with van der Waals surface area (Å²) < 4.78 is 20.6. The van der Waals surface area contributed by atoms with Gasteiger partial charge in [0.05, 0.1) is 10.6 Å². The highest BCUT2D eigenvalue weighted by molar-refractivity contribution is 9.12. The molecule has 0 heterocycles. The van der Waals surface area contributed by atoms with Crippen LogP contribution in [0.25, 0.3) is 0 Å². The van der Waals surface area contributed by atoms with E-state index in [1.807, 2.05) is 6.92 Å². The largest absolute Gasteiger partial charge is 0.458 e. The molecular weight excluding hydrogens is 471 g/mol. The molecule has 0 aromatic carbocycles. The molecule has 0 amide bonds. The summed E-state index contributed by atoms with van der Waals surface area (Å²) in [6.07, 6.45) is 1.81. The Morgan fingerprint density at radius 3 is 2.68 bits per heavy atom. The van der Waals surface area contributed by atoms with Crippen LogP contribution < -0.4 is 0 Å². The first-order valence-electron chi connectivity index (χ1n) is 10.7. The fourth-order valence-corrected chi connectivity index (χ4v) is 7.73. The van der Waals surface area contributed by atoms with Gasteiger partial charge in [0, 0.05) is 23.7 Å². The second-order valence-corrected chi connectivity index (χ2v) is 10.9. The van der Waals surface area contributed by atoms with Gasteiger partial charge >= 0.3 is 5.97 Å². The highest BCUT2D eigenvalue weighted by Crippen LogP contribution is 2.67. The Labute approximate surface area is 189 Å². The zero-order valence-corrected chi connectivity index (χ0v) is 19.4. The molecule has 0 aromatic heterocycles. The highest BCUT2D eigenvalue weighted by Gasteiger charge is 2.69. The topological polar surface area (TPSA) is 101 Å². The van der Waals surface area contributed by atoms with Gasteiger partial charge in [0.25, 0.3) is 0 Å². The fraction of sp³-hybridized carbons (Fsp3) is 0.696. The Morgan fingerprint density at radius 2 is 2.03 bits per heavy atom. The lowest BCUT2D eigenvalue weighted by Crippen LogP contribution is -2.62. The van der Waals surface area contributed by atoms with Crippen LogP contribution in [0.15, 0.2) is 22.2 Å². The number of carbonyl (C=O) groups is 3. The minimum absolute atomic E-state index is 0.135. The summed E-state index contributed by atoms with van der Waals surface area (Å²) in [5.41, 5.74) is -3.16. The van der Waals surface area contributed by atoms with Crippen molar-refractivity contribution >= 4 is 33.5 Å². The maximum atomic E-state index is 15.4. The summed E-state index contributed by atoms with van der Waals surface area (Å²) in [6.45, 7) is 4.31. The molecule has 8 atom stereocenters. The van der Waals surface area contributed by atoms with E-state index in [0.29, 0.717) is 16.5 Å². The van der Waals surface area contributed by atoms with Gasteiger partial charge in [-0.15, -0.1) is 0 Å². The monoisotopic (exact) mass is 498 g/mol. The number of alkyl halides is 1. The van der Waals surface area contributed by atoms with Gasteiger partial charge < -0.3 is 14.9 Å². The number of ketones is 2. The van der Waals surface area contributed by atoms with E-state index in [4.69, 9.17) is 4.74 Å². The van der Waals surface area contributed by atoms with Crippen molar-refractivity contribution in [3.63, 3.8) is 0 Å². The van der Waals surface area contributed by atoms with E-state index in [0.717, 1.165) is 0 Å². The molecule has 0 bridgehead atoms. The molecule has 31 heavy (non-hydrogen) atoms. The summed E-state index contributed by atoms with van der Waals surface area (Å²) in [7, 11) is 0. The van der Waals surface area contributed by atoms with E-state index in [-0.39, 0.29) is 42.8 Å². The van der Waals surface area contributed by atoms with Crippen molar-refractivity contribution in [2.45, 2.75) is 64.3 Å². The van der Waals surface area contributed by atoms with Crippen molar-refractivity contribution in [1.82, 2.24) is 0 Å². The van der Waals surface area contributed by atoms with Crippen LogP contribution in [0.5, 0.6) is 0 Å². The molecular formula is C23H28BrFO6. The zero-order chi connectivity index (χ0) is 22.9. The first-order valence-corrected chi connectivity index (χ1v) is 11.5. The summed E-state index contributed by atoms with van der Waals surface area (Å²) >= 11 is 3.28. The van der Waals surface area contributed by atoms with E-state index >= 15 is 4.39 Å². The quantitative estimate of drug-likeness (QED) is 0.580. The van der Waals surface area contributed by atoms with Gasteiger partial charge in [-0.2, -0.15) is 0 Å². The lowest BCUT2D eigenvalue weighted by Gasteiger charge is -2.60. The predicted octanol–water partition coefficient (Wildman–Crippen LogP) is 2.80. The van der Waals surface area contributed by atoms with Crippen molar-refractivity contribution in [1.29, 1.82) is 0 Å². The maximum absolute atomic E-state index is 15.4. The first-order chi connectivity index (χ1) is 14.3. The number of halogens is 2. The van der Waals surface area contributed by atoms with Crippen LogP contribution in [-0.4, -0.2) is 52.2 Å². The number of aliphatic hydroxyl groups is 2. The van der Waals surface area contributed by atoms with Crippen LogP contribution >= 0.6 is 15.9 Å². The molecule has 2 N–H and O–H groups in total. The highest BCUT2D eigenvalue weighted by atomic mass is 79.9. The number of Topliss-reactive ketones (excluding diaryl/α,β-unsaturated/α-hetero) is 1. The standard InChI is InChI=1S/C23H28BrFO6/c1-11(26)31-10-19(29)23(30)5-4-13-12-6-16(25)14-7-17(27)15(24)8-21(14,2)20(12)18(28)9-22(13,23)3/h7-8,12-13,16,18,20,28,30H,4-6,9-10H2,1-3H3. The van der Waals surface area contributed by atoms with Crippen LogP contribution in [0.4, 0.5) is 4.39 Å². The number of allylic oxidation sites excluding steroid dienone is 4. The zero-order valence-electron chi connectivity index (χ0n) is 17.9. The number of carbonyl (C=O) groups excluding carboxylic acids is 3. The van der Waals surface area contributed by atoms with E-state index in [1.165, 1.54) is 13.0 Å². The van der Waals surface area contributed by atoms with E-state index in [9.17, 15) is 24.6 Å². The second kappa shape index (κ2) is 7.32. The minimum Gasteiger partial charge on any atom is -0.458 e. The minimum atomic E-state index is -1.75. The molecule has 0 saturated heterocycles. The van der Waals surface area contributed by atoms with Gasteiger partial charge in [-0.1, -0.05) is 19.9 Å². The smallest absolute Gasteiger partial charge is 0.303 e. The van der Waals surface area contributed by atoms with Crippen molar-refractivity contribution in [2.24, 2.45) is 28.6 Å². The summed E-state index contributed by atoms with van der Waals surface area (Å²) in [5.74, 6) is -2.27. The third kappa shape index (κ3) is 3.12.